The Morgan fingerprint density at radius 3 is 1.76 bits per heavy atom. The van der Waals surface area contributed by atoms with Crippen LogP contribution in [0.5, 0.6) is 0 Å². The number of halogens is 1. The van der Waals surface area contributed by atoms with Gasteiger partial charge in [-0.2, -0.15) is 5.26 Å². The highest BCUT2D eigenvalue weighted by atomic mass is 79.9. The van der Waals surface area contributed by atoms with E-state index in [-0.39, 0.29) is 0 Å². The molecule has 0 radical (unpaired) electrons. The molecule has 0 fully saturated rings. The first-order chi connectivity index (χ1) is 7.93. The van der Waals surface area contributed by atoms with Crippen molar-refractivity contribution in [1.29, 1.82) is 5.26 Å². The molecule has 0 saturated carbocycles. The van der Waals surface area contributed by atoms with Gasteiger partial charge in [0.05, 0.1) is 11.6 Å². The lowest BCUT2D eigenvalue weighted by atomic mass is 10.1. The number of rotatable bonds is 4. The second-order valence-electron chi connectivity index (χ2n) is 4.70. The fourth-order valence-corrected chi connectivity index (χ4v) is 2.21. The number of nitrogens with zero attached hydrogens (tertiary/aromatic N) is 3. The predicted octanol–water partition coefficient (Wildman–Crippen LogP) is 2.44. The minimum atomic E-state index is 0.724. The minimum Gasteiger partial charge on any atom is -0.305 e. The summed E-state index contributed by atoms with van der Waals surface area (Å²) >= 11 is 3.64. The lowest BCUT2D eigenvalue weighted by Crippen LogP contribution is -2.14. The first kappa shape index (κ1) is 14.2. The predicted molar refractivity (Wildman–Crippen MR) is 73.6 cm³/mol. The summed E-state index contributed by atoms with van der Waals surface area (Å²) in [7, 11) is 8.10. The highest BCUT2D eigenvalue weighted by Crippen LogP contribution is 2.25. The fraction of sp³-hybridized carbons (Fsp3) is 0.462. The third-order valence-electron chi connectivity index (χ3n) is 2.33. The van der Waals surface area contributed by atoms with E-state index in [1.165, 1.54) is 0 Å². The highest BCUT2D eigenvalue weighted by Gasteiger charge is 2.10. The summed E-state index contributed by atoms with van der Waals surface area (Å²) in [5, 5.41) is 9.05. The molecule has 0 N–H and O–H groups in total. The molecule has 17 heavy (non-hydrogen) atoms. The maximum Gasteiger partial charge on any atom is 0.0991 e. The molecular weight excluding hydrogens is 278 g/mol. The van der Waals surface area contributed by atoms with Crippen LogP contribution in [0.25, 0.3) is 0 Å². The standard InChI is InChI=1S/C13H18BrN3/c1-16(2)8-11-5-10(7-15)6-12(13(11)14)9-17(3)4/h5-6H,8-9H2,1-4H3. The van der Waals surface area contributed by atoms with E-state index in [0.717, 1.165) is 34.3 Å². The molecule has 4 heteroatoms. The summed E-state index contributed by atoms with van der Waals surface area (Å²) < 4.78 is 1.11. The van der Waals surface area contributed by atoms with Gasteiger partial charge >= 0.3 is 0 Å². The van der Waals surface area contributed by atoms with Crippen molar-refractivity contribution in [2.24, 2.45) is 0 Å². The quantitative estimate of drug-likeness (QED) is 0.855. The van der Waals surface area contributed by atoms with Crippen LogP contribution < -0.4 is 0 Å². The normalized spacial score (nSPS) is 10.9. The van der Waals surface area contributed by atoms with Crippen LogP contribution in [-0.2, 0) is 13.1 Å². The minimum absolute atomic E-state index is 0.724. The molecule has 0 saturated heterocycles. The molecule has 1 rings (SSSR count). The first-order valence-electron chi connectivity index (χ1n) is 5.45. The molecular formula is C13H18BrN3. The van der Waals surface area contributed by atoms with Gasteiger partial charge in [-0.3, -0.25) is 0 Å². The van der Waals surface area contributed by atoms with Crippen molar-refractivity contribution < 1.29 is 0 Å². The van der Waals surface area contributed by atoms with Crippen LogP contribution in [-0.4, -0.2) is 38.0 Å². The smallest absolute Gasteiger partial charge is 0.0991 e. The molecule has 1 aromatic rings. The zero-order valence-corrected chi connectivity index (χ0v) is 12.4. The summed E-state index contributed by atoms with van der Waals surface area (Å²) in [6.45, 7) is 1.66. The lowest BCUT2D eigenvalue weighted by molar-refractivity contribution is 0.394. The molecule has 0 aliphatic carbocycles. The van der Waals surface area contributed by atoms with E-state index in [4.69, 9.17) is 5.26 Å². The van der Waals surface area contributed by atoms with E-state index < -0.39 is 0 Å². The third-order valence-corrected chi connectivity index (χ3v) is 3.34. The Bertz CT molecular complexity index is 402. The van der Waals surface area contributed by atoms with Crippen molar-refractivity contribution in [2.45, 2.75) is 13.1 Å². The number of nitriles is 1. The van der Waals surface area contributed by atoms with Crippen LogP contribution >= 0.6 is 15.9 Å². The van der Waals surface area contributed by atoms with E-state index in [1.54, 1.807) is 0 Å². The third kappa shape index (κ3) is 4.12. The van der Waals surface area contributed by atoms with Crippen molar-refractivity contribution >= 4 is 15.9 Å². The Balaban J connectivity index is 3.17. The van der Waals surface area contributed by atoms with Crippen molar-refractivity contribution in [3.05, 3.63) is 33.3 Å². The topological polar surface area (TPSA) is 30.3 Å². The second kappa shape index (κ2) is 6.15. The molecule has 0 heterocycles. The Morgan fingerprint density at radius 1 is 1.06 bits per heavy atom. The van der Waals surface area contributed by atoms with Crippen LogP contribution in [0.3, 0.4) is 0 Å². The number of benzene rings is 1. The molecule has 92 valence electrons. The van der Waals surface area contributed by atoms with Gasteiger partial charge in [-0.05, 0) is 51.5 Å². The van der Waals surface area contributed by atoms with Gasteiger partial charge in [-0.15, -0.1) is 0 Å². The number of hydrogen-bond donors (Lipinski definition) is 0. The maximum absolute atomic E-state index is 9.05. The SMILES string of the molecule is CN(C)Cc1cc(C#N)cc(CN(C)C)c1Br. The van der Waals surface area contributed by atoms with Crippen molar-refractivity contribution in [2.75, 3.05) is 28.2 Å². The largest absolute Gasteiger partial charge is 0.305 e. The van der Waals surface area contributed by atoms with Gasteiger partial charge in [0, 0.05) is 17.6 Å². The van der Waals surface area contributed by atoms with E-state index in [0.29, 0.717) is 0 Å². The maximum atomic E-state index is 9.05. The Morgan fingerprint density at radius 2 is 1.47 bits per heavy atom. The molecule has 0 amide bonds. The fourth-order valence-electron chi connectivity index (χ4n) is 1.73. The first-order valence-corrected chi connectivity index (χ1v) is 6.24. The molecule has 1 aromatic carbocycles. The van der Waals surface area contributed by atoms with Crippen molar-refractivity contribution in [3.63, 3.8) is 0 Å². The summed E-state index contributed by atoms with van der Waals surface area (Å²) in [5.41, 5.74) is 3.04. The van der Waals surface area contributed by atoms with Crippen LogP contribution in [0.1, 0.15) is 16.7 Å². The van der Waals surface area contributed by atoms with Crippen LogP contribution in [0.2, 0.25) is 0 Å². The van der Waals surface area contributed by atoms with Gasteiger partial charge in [0.2, 0.25) is 0 Å². The van der Waals surface area contributed by atoms with Gasteiger partial charge in [-0.1, -0.05) is 15.9 Å². The van der Waals surface area contributed by atoms with Gasteiger partial charge in [-0.25, -0.2) is 0 Å². The second-order valence-corrected chi connectivity index (χ2v) is 5.49. The molecule has 0 unspecified atom stereocenters. The zero-order valence-electron chi connectivity index (χ0n) is 10.8. The summed E-state index contributed by atoms with van der Waals surface area (Å²) in [5.74, 6) is 0. The van der Waals surface area contributed by atoms with Crippen molar-refractivity contribution in [1.82, 2.24) is 9.80 Å². The van der Waals surface area contributed by atoms with Gasteiger partial charge in [0.1, 0.15) is 0 Å². The average molecular weight is 296 g/mol. The Hall–Kier alpha value is -0.890. The molecule has 3 nitrogen and oxygen atoms in total. The average Bonchev–Trinajstić information content (AvgIpc) is 2.22. The van der Waals surface area contributed by atoms with Gasteiger partial charge in [0.15, 0.2) is 0 Å². The molecule has 0 atom stereocenters. The van der Waals surface area contributed by atoms with Gasteiger partial charge in [0.25, 0.3) is 0 Å². The Kier molecular flexibility index (Phi) is 5.13. The molecule has 0 aliphatic heterocycles. The summed E-state index contributed by atoms with van der Waals surface area (Å²) in [6.07, 6.45) is 0. The molecule has 0 aromatic heterocycles. The molecule has 0 bridgehead atoms. The van der Waals surface area contributed by atoms with Crippen LogP contribution in [0.4, 0.5) is 0 Å². The zero-order chi connectivity index (χ0) is 13.0. The van der Waals surface area contributed by atoms with E-state index in [9.17, 15) is 0 Å². The van der Waals surface area contributed by atoms with Crippen LogP contribution in [0, 0.1) is 11.3 Å². The Labute approximate surface area is 112 Å². The van der Waals surface area contributed by atoms with Crippen LogP contribution in [0.15, 0.2) is 16.6 Å². The summed E-state index contributed by atoms with van der Waals surface area (Å²) in [4.78, 5) is 4.20. The van der Waals surface area contributed by atoms with Gasteiger partial charge < -0.3 is 9.80 Å². The molecule has 0 aliphatic rings. The monoisotopic (exact) mass is 295 g/mol. The van der Waals surface area contributed by atoms with E-state index >= 15 is 0 Å². The van der Waals surface area contributed by atoms with E-state index in [1.807, 2.05) is 40.3 Å². The highest BCUT2D eigenvalue weighted by molar-refractivity contribution is 9.10. The lowest BCUT2D eigenvalue weighted by Gasteiger charge is -2.17. The number of hydrogen-bond acceptors (Lipinski definition) is 3. The van der Waals surface area contributed by atoms with E-state index in [2.05, 4.69) is 31.8 Å². The molecule has 0 spiro atoms. The van der Waals surface area contributed by atoms with Crippen molar-refractivity contribution in [3.8, 4) is 6.07 Å². The summed E-state index contributed by atoms with van der Waals surface area (Å²) in [6, 6.07) is 6.12.